The summed E-state index contributed by atoms with van der Waals surface area (Å²) in [4.78, 5) is 11.5. The van der Waals surface area contributed by atoms with E-state index in [1.165, 1.54) is 0 Å². The molecule has 1 atom stereocenters. The van der Waals surface area contributed by atoms with Crippen LogP contribution in [0.5, 0.6) is 0 Å². The molecule has 1 heterocycles. The van der Waals surface area contributed by atoms with Crippen LogP contribution in [0.2, 0.25) is 0 Å². The Morgan fingerprint density at radius 1 is 1.05 bits per heavy atom. The minimum atomic E-state index is 0.369. The standard InChI is InChI=1S/C16H16N2OS/c19-13-7-4-8-14(11-13)20-16-10-9-15(17-18-16)12-5-2-1-3-6-12/h1-3,5-6,9-10,14H,4,7-8,11H2. The topological polar surface area (TPSA) is 42.9 Å². The summed E-state index contributed by atoms with van der Waals surface area (Å²) in [5.41, 5.74) is 1.96. The van der Waals surface area contributed by atoms with Gasteiger partial charge >= 0.3 is 0 Å². The average molecular weight is 284 g/mol. The van der Waals surface area contributed by atoms with Gasteiger partial charge in [-0.2, -0.15) is 0 Å². The Morgan fingerprint density at radius 3 is 2.60 bits per heavy atom. The molecule has 102 valence electrons. The molecule has 1 unspecified atom stereocenters. The highest BCUT2D eigenvalue weighted by molar-refractivity contribution is 7.99. The third kappa shape index (κ3) is 3.25. The van der Waals surface area contributed by atoms with E-state index < -0.39 is 0 Å². The third-order valence-corrected chi connectivity index (χ3v) is 4.63. The lowest BCUT2D eigenvalue weighted by molar-refractivity contribution is -0.120. The van der Waals surface area contributed by atoms with Gasteiger partial charge in [0.2, 0.25) is 0 Å². The molecule has 0 aliphatic heterocycles. The molecule has 1 aromatic carbocycles. The van der Waals surface area contributed by atoms with Gasteiger partial charge in [-0.1, -0.05) is 30.3 Å². The second-order valence-electron chi connectivity index (χ2n) is 5.00. The first-order valence-electron chi connectivity index (χ1n) is 6.89. The Hall–Kier alpha value is -1.68. The minimum absolute atomic E-state index is 0.369. The van der Waals surface area contributed by atoms with Crippen molar-refractivity contribution in [1.29, 1.82) is 0 Å². The van der Waals surface area contributed by atoms with Gasteiger partial charge in [0.15, 0.2) is 0 Å². The first-order valence-corrected chi connectivity index (χ1v) is 7.77. The van der Waals surface area contributed by atoms with Crippen LogP contribution in [0, 0.1) is 0 Å². The first kappa shape index (κ1) is 13.3. The van der Waals surface area contributed by atoms with Crippen LogP contribution >= 0.6 is 11.8 Å². The maximum Gasteiger partial charge on any atom is 0.134 e. The quantitative estimate of drug-likeness (QED) is 0.861. The highest BCUT2D eigenvalue weighted by Gasteiger charge is 2.20. The molecule has 3 nitrogen and oxygen atoms in total. The fraction of sp³-hybridized carbons (Fsp3) is 0.312. The summed E-state index contributed by atoms with van der Waals surface area (Å²) in [6.07, 6.45) is 3.52. The number of aromatic nitrogens is 2. The molecule has 1 fully saturated rings. The molecule has 1 aliphatic carbocycles. The predicted octanol–water partition coefficient (Wildman–Crippen LogP) is 3.75. The molecule has 0 amide bonds. The molecule has 0 bridgehead atoms. The van der Waals surface area contributed by atoms with E-state index in [2.05, 4.69) is 10.2 Å². The van der Waals surface area contributed by atoms with Crippen molar-refractivity contribution in [2.75, 3.05) is 0 Å². The molecule has 1 aromatic heterocycles. The summed E-state index contributed by atoms with van der Waals surface area (Å²) in [5, 5.41) is 9.83. The number of carbonyl (C=O) groups is 1. The van der Waals surface area contributed by atoms with Crippen LogP contribution in [0.1, 0.15) is 25.7 Å². The summed E-state index contributed by atoms with van der Waals surface area (Å²) in [6.45, 7) is 0. The zero-order valence-corrected chi connectivity index (χ0v) is 12.0. The van der Waals surface area contributed by atoms with Crippen molar-refractivity contribution in [3.63, 3.8) is 0 Å². The Kier molecular flexibility index (Phi) is 4.11. The predicted molar refractivity (Wildman–Crippen MR) is 80.6 cm³/mol. The SMILES string of the molecule is O=C1CCCC(Sc2ccc(-c3ccccc3)nn2)C1. The van der Waals surface area contributed by atoms with Crippen LogP contribution < -0.4 is 0 Å². The van der Waals surface area contributed by atoms with Crippen LogP contribution in [-0.4, -0.2) is 21.2 Å². The molecule has 4 heteroatoms. The molecule has 0 N–H and O–H groups in total. The van der Waals surface area contributed by atoms with E-state index in [-0.39, 0.29) is 0 Å². The lowest BCUT2D eigenvalue weighted by atomic mass is 9.99. The largest absolute Gasteiger partial charge is 0.300 e. The van der Waals surface area contributed by atoms with Crippen molar-refractivity contribution in [1.82, 2.24) is 10.2 Å². The lowest BCUT2D eigenvalue weighted by Crippen LogP contribution is -2.16. The van der Waals surface area contributed by atoms with Gasteiger partial charge in [0.05, 0.1) is 5.69 Å². The third-order valence-electron chi connectivity index (χ3n) is 3.43. The van der Waals surface area contributed by atoms with E-state index in [1.807, 2.05) is 42.5 Å². The molecule has 3 rings (SSSR count). The van der Waals surface area contributed by atoms with E-state index in [1.54, 1.807) is 11.8 Å². The summed E-state index contributed by atoms with van der Waals surface area (Å²) in [6, 6.07) is 14.0. The van der Waals surface area contributed by atoms with Crippen LogP contribution in [0.25, 0.3) is 11.3 Å². The zero-order valence-electron chi connectivity index (χ0n) is 11.2. The highest BCUT2D eigenvalue weighted by Crippen LogP contribution is 2.31. The zero-order chi connectivity index (χ0) is 13.8. The number of hydrogen-bond acceptors (Lipinski definition) is 4. The van der Waals surface area contributed by atoms with Gasteiger partial charge in [0.25, 0.3) is 0 Å². The molecule has 2 aromatic rings. The Labute approximate surface area is 122 Å². The smallest absolute Gasteiger partial charge is 0.134 e. The van der Waals surface area contributed by atoms with Gasteiger partial charge in [0, 0.05) is 23.7 Å². The normalized spacial score (nSPS) is 19.0. The monoisotopic (exact) mass is 284 g/mol. The number of hydrogen-bond donors (Lipinski definition) is 0. The van der Waals surface area contributed by atoms with Crippen molar-refractivity contribution in [2.45, 2.75) is 36.0 Å². The first-order chi connectivity index (χ1) is 9.81. The minimum Gasteiger partial charge on any atom is -0.300 e. The fourth-order valence-corrected chi connectivity index (χ4v) is 3.53. The van der Waals surface area contributed by atoms with E-state index in [9.17, 15) is 4.79 Å². The summed E-state index contributed by atoms with van der Waals surface area (Å²) >= 11 is 1.68. The van der Waals surface area contributed by atoms with Crippen LogP contribution in [0.3, 0.4) is 0 Å². The molecule has 0 radical (unpaired) electrons. The lowest BCUT2D eigenvalue weighted by Gasteiger charge is -2.19. The highest BCUT2D eigenvalue weighted by atomic mass is 32.2. The Bertz CT molecular complexity index is 583. The Balaban J connectivity index is 1.69. The van der Waals surface area contributed by atoms with Crippen molar-refractivity contribution in [2.24, 2.45) is 0 Å². The molecule has 1 saturated carbocycles. The Morgan fingerprint density at radius 2 is 1.90 bits per heavy atom. The summed E-state index contributed by atoms with van der Waals surface area (Å²) in [7, 11) is 0. The van der Waals surface area contributed by atoms with Crippen molar-refractivity contribution >= 4 is 17.5 Å². The molecule has 1 aliphatic rings. The van der Waals surface area contributed by atoms with Crippen molar-refractivity contribution < 1.29 is 4.79 Å². The summed E-state index contributed by atoms with van der Waals surface area (Å²) in [5.74, 6) is 0.377. The molecule has 0 spiro atoms. The number of thioether (sulfide) groups is 1. The van der Waals surface area contributed by atoms with Gasteiger partial charge in [-0.3, -0.25) is 4.79 Å². The van der Waals surface area contributed by atoms with Gasteiger partial charge in [-0.15, -0.1) is 22.0 Å². The average Bonchev–Trinajstić information content (AvgIpc) is 2.49. The van der Waals surface area contributed by atoms with E-state index in [0.717, 1.165) is 35.5 Å². The fourth-order valence-electron chi connectivity index (χ4n) is 2.40. The van der Waals surface area contributed by atoms with Crippen LogP contribution in [0.4, 0.5) is 0 Å². The molecular formula is C16H16N2OS. The molecular weight excluding hydrogens is 268 g/mol. The van der Waals surface area contributed by atoms with Gasteiger partial charge in [-0.05, 0) is 25.0 Å². The maximum atomic E-state index is 11.5. The number of nitrogens with zero attached hydrogens (tertiary/aromatic N) is 2. The molecule has 20 heavy (non-hydrogen) atoms. The van der Waals surface area contributed by atoms with Crippen LogP contribution in [-0.2, 0) is 4.79 Å². The maximum absolute atomic E-state index is 11.5. The summed E-state index contributed by atoms with van der Waals surface area (Å²) < 4.78 is 0. The van der Waals surface area contributed by atoms with Gasteiger partial charge in [-0.25, -0.2) is 0 Å². The van der Waals surface area contributed by atoms with E-state index >= 15 is 0 Å². The molecule has 0 saturated heterocycles. The number of ketones is 1. The second kappa shape index (κ2) is 6.18. The number of carbonyl (C=O) groups excluding carboxylic acids is 1. The van der Waals surface area contributed by atoms with Gasteiger partial charge < -0.3 is 0 Å². The van der Waals surface area contributed by atoms with E-state index in [4.69, 9.17) is 0 Å². The van der Waals surface area contributed by atoms with Crippen LogP contribution in [0.15, 0.2) is 47.5 Å². The van der Waals surface area contributed by atoms with E-state index in [0.29, 0.717) is 17.5 Å². The van der Waals surface area contributed by atoms with Gasteiger partial charge in [0.1, 0.15) is 10.8 Å². The number of Topliss-reactive ketones (excluding diaryl/α,β-unsaturated/α-hetero) is 1. The number of rotatable bonds is 3. The second-order valence-corrected chi connectivity index (χ2v) is 6.32. The number of benzene rings is 1. The van der Waals surface area contributed by atoms with Crippen molar-refractivity contribution in [3.05, 3.63) is 42.5 Å². The van der Waals surface area contributed by atoms with Crippen molar-refractivity contribution in [3.8, 4) is 11.3 Å².